The lowest BCUT2D eigenvalue weighted by Gasteiger charge is -2.39. The van der Waals surface area contributed by atoms with E-state index in [9.17, 15) is 0 Å². The summed E-state index contributed by atoms with van der Waals surface area (Å²) in [6, 6.07) is 16.9. The molecule has 1 fully saturated rings. The summed E-state index contributed by atoms with van der Waals surface area (Å²) >= 11 is 0. The van der Waals surface area contributed by atoms with Gasteiger partial charge in [-0.1, -0.05) is 30.3 Å². The van der Waals surface area contributed by atoms with Crippen LogP contribution in [0.5, 0.6) is 5.75 Å². The van der Waals surface area contributed by atoms with Crippen molar-refractivity contribution in [3.8, 4) is 5.75 Å². The molecule has 0 spiro atoms. The number of aromatic nitrogens is 1. The van der Waals surface area contributed by atoms with E-state index in [-0.39, 0.29) is 0 Å². The van der Waals surface area contributed by atoms with Gasteiger partial charge in [-0.2, -0.15) is 0 Å². The summed E-state index contributed by atoms with van der Waals surface area (Å²) in [5, 5.41) is 4.99. The summed E-state index contributed by atoms with van der Waals surface area (Å²) in [6.45, 7) is 0.843. The van der Waals surface area contributed by atoms with Crippen LogP contribution in [-0.2, 0) is 6.54 Å². The lowest BCUT2D eigenvalue weighted by Crippen LogP contribution is -2.24. The van der Waals surface area contributed by atoms with E-state index in [1.165, 1.54) is 53.6 Å². The summed E-state index contributed by atoms with van der Waals surface area (Å²) in [5.74, 6) is 2.16. The molecule has 0 saturated heterocycles. The smallest absolute Gasteiger partial charge is 0.121 e. The SMILES string of the molecule is COc1ccc2c(NCc3ccccc3)c3c(nc2c1)C1CCC3CC1. The second-order valence-electron chi connectivity index (χ2n) is 7.56. The Hall–Kier alpha value is -2.55. The van der Waals surface area contributed by atoms with Gasteiger partial charge in [0.2, 0.25) is 0 Å². The van der Waals surface area contributed by atoms with Gasteiger partial charge in [0.15, 0.2) is 0 Å². The average molecular weight is 344 g/mol. The van der Waals surface area contributed by atoms with Crippen LogP contribution >= 0.6 is 0 Å². The quantitative estimate of drug-likeness (QED) is 0.668. The molecule has 132 valence electrons. The summed E-state index contributed by atoms with van der Waals surface area (Å²) in [5.41, 5.74) is 6.47. The molecule has 2 bridgehead atoms. The number of anilines is 1. The molecule has 2 aromatic carbocycles. The third-order valence-electron chi connectivity index (χ3n) is 6.09. The first-order valence-electron chi connectivity index (χ1n) is 9.63. The number of hydrogen-bond acceptors (Lipinski definition) is 3. The first kappa shape index (κ1) is 15.7. The Labute approximate surface area is 154 Å². The van der Waals surface area contributed by atoms with E-state index in [1.807, 2.05) is 6.07 Å². The second-order valence-corrected chi connectivity index (χ2v) is 7.56. The van der Waals surface area contributed by atoms with E-state index in [0.717, 1.165) is 17.8 Å². The molecule has 26 heavy (non-hydrogen) atoms. The maximum Gasteiger partial charge on any atom is 0.121 e. The van der Waals surface area contributed by atoms with Crippen LogP contribution in [0.4, 0.5) is 5.69 Å². The van der Waals surface area contributed by atoms with Crippen molar-refractivity contribution in [3.05, 3.63) is 65.4 Å². The minimum Gasteiger partial charge on any atom is -0.497 e. The molecule has 1 N–H and O–H groups in total. The highest BCUT2D eigenvalue weighted by atomic mass is 16.5. The monoisotopic (exact) mass is 344 g/mol. The molecule has 0 aliphatic heterocycles. The molecule has 0 atom stereocenters. The van der Waals surface area contributed by atoms with Crippen LogP contribution in [0.3, 0.4) is 0 Å². The lowest BCUT2D eigenvalue weighted by atomic mass is 9.68. The summed E-state index contributed by atoms with van der Waals surface area (Å²) < 4.78 is 5.44. The van der Waals surface area contributed by atoms with Gasteiger partial charge in [0.25, 0.3) is 0 Å². The molecule has 6 rings (SSSR count). The van der Waals surface area contributed by atoms with Gasteiger partial charge in [-0.25, -0.2) is 0 Å². The minimum absolute atomic E-state index is 0.628. The lowest BCUT2D eigenvalue weighted by molar-refractivity contribution is 0.353. The van der Waals surface area contributed by atoms with Crippen LogP contribution in [-0.4, -0.2) is 12.1 Å². The first-order chi connectivity index (χ1) is 12.8. The number of pyridine rings is 1. The van der Waals surface area contributed by atoms with Gasteiger partial charge in [0, 0.05) is 40.9 Å². The van der Waals surface area contributed by atoms with Gasteiger partial charge < -0.3 is 10.1 Å². The van der Waals surface area contributed by atoms with Crippen molar-refractivity contribution in [2.45, 2.75) is 44.1 Å². The van der Waals surface area contributed by atoms with Crippen molar-refractivity contribution in [1.82, 2.24) is 4.98 Å². The highest BCUT2D eigenvalue weighted by Crippen LogP contribution is 2.52. The van der Waals surface area contributed by atoms with Gasteiger partial charge >= 0.3 is 0 Å². The second kappa shape index (κ2) is 6.31. The largest absolute Gasteiger partial charge is 0.497 e. The Morgan fingerprint density at radius 1 is 1.00 bits per heavy atom. The minimum atomic E-state index is 0.628. The molecule has 1 heterocycles. The standard InChI is InChI=1S/C23H24N2O/c1-26-18-11-12-19-20(13-18)25-22-17-9-7-16(8-10-17)21(22)23(19)24-14-15-5-3-2-4-6-15/h2-6,11-13,16-17H,7-10,14H2,1H3,(H,24,25). The predicted octanol–water partition coefficient (Wildman–Crippen LogP) is 5.61. The number of fused-ring (bicyclic) bond motifs is 3. The van der Waals surface area contributed by atoms with Crippen molar-refractivity contribution < 1.29 is 4.74 Å². The van der Waals surface area contributed by atoms with Crippen LogP contribution in [0.15, 0.2) is 48.5 Å². The number of hydrogen-bond donors (Lipinski definition) is 1. The fraction of sp³-hybridized carbons (Fsp3) is 0.348. The van der Waals surface area contributed by atoms with Crippen LogP contribution in [0, 0.1) is 0 Å². The van der Waals surface area contributed by atoms with Crippen LogP contribution in [0.2, 0.25) is 0 Å². The molecular formula is C23H24N2O. The van der Waals surface area contributed by atoms with Crippen LogP contribution in [0.1, 0.15) is 54.3 Å². The number of ether oxygens (including phenoxy) is 1. The number of rotatable bonds is 4. The Balaban J connectivity index is 1.65. The van der Waals surface area contributed by atoms with Gasteiger partial charge in [-0.3, -0.25) is 4.98 Å². The van der Waals surface area contributed by atoms with Gasteiger partial charge in [-0.15, -0.1) is 0 Å². The maximum absolute atomic E-state index is 5.44. The van der Waals surface area contributed by atoms with Crippen molar-refractivity contribution in [1.29, 1.82) is 0 Å². The van der Waals surface area contributed by atoms with E-state index in [0.29, 0.717) is 11.8 Å². The third kappa shape index (κ3) is 2.54. The average Bonchev–Trinajstić information content (AvgIpc) is 2.72. The van der Waals surface area contributed by atoms with Crippen LogP contribution < -0.4 is 10.1 Å². The molecule has 3 aromatic rings. The fourth-order valence-electron chi connectivity index (χ4n) is 4.76. The van der Waals surface area contributed by atoms with Crippen molar-refractivity contribution in [3.63, 3.8) is 0 Å². The van der Waals surface area contributed by atoms with E-state index >= 15 is 0 Å². The normalized spacial score (nSPS) is 20.8. The maximum atomic E-state index is 5.44. The van der Waals surface area contributed by atoms with Crippen molar-refractivity contribution >= 4 is 16.6 Å². The van der Waals surface area contributed by atoms with E-state index in [2.05, 4.69) is 47.8 Å². The summed E-state index contributed by atoms with van der Waals surface area (Å²) in [4.78, 5) is 5.10. The molecule has 0 unspecified atom stereocenters. The number of nitrogens with zero attached hydrogens (tertiary/aromatic N) is 1. The topological polar surface area (TPSA) is 34.1 Å². The molecule has 3 nitrogen and oxygen atoms in total. The number of benzene rings is 2. The summed E-state index contributed by atoms with van der Waals surface area (Å²) in [7, 11) is 1.72. The Morgan fingerprint density at radius 3 is 2.54 bits per heavy atom. The van der Waals surface area contributed by atoms with Gasteiger partial charge in [0.05, 0.1) is 12.6 Å². The molecule has 1 aromatic heterocycles. The zero-order chi connectivity index (χ0) is 17.5. The predicted molar refractivity (Wildman–Crippen MR) is 106 cm³/mol. The molecular weight excluding hydrogens is 320 g/mol. The first-order valence-corrected chi connectivity index (χ1v) is 9.63. The highest BCUT2D eigenvalue weighted by molar-refractivity contribution is 5.95. The fourth-order valence-corrected chi connectivity index (χ4v) is 4.76. The molecule has 3 heteroatoms. The molecule has 0 amide bonds. The zero-order valence-electron chi connectivity index (χ0n) is 15.2. The Kier molecular flexibility index (Phi) is 3.81. The third-order valence-corrected chi connectivity index (χ3v) is 6.09. The Morgan fingerprint density at radius 2 is 1.77 bits per heavy atom. The van der Waals surface area contributed by atoms with Crippen LogP contribution in [0.25, 0.3) is 10.9 Å². The molecule has 3 aliphatic carbocycles. The van der Waals surface area contributed by atoms with E-state index in [1.54, 1.807) is 7.11 Å². The summed E-state index contributed by atoms with van der Waals surface area (Å²) in [6.07, 6.45) is 5.19. The van der Waals surface area contributed by atoms with E-state index < -0.39 is 0 Å². The molecule has 1 saturated carbocycles. The van der Waals surface area contributed by atoms with Gasteiger partial charge in [0.1, 0.15) is 5.75 Å². The Bertz CT molecular complexity index is 943. The highest BCUT2D eigenvalue weighted by Gasteiger charge is 2.36. The molecule has 0 radical (unpaired) electrons. The number of nitrogens with one attached hydrogen (secondary N) is 1. The van der Waals surface area contributed by atoms with Crippen molar-refractivity contribution in [2.24, 2.45) is 0 Å². The van der Waals surface area contributed by atoms with Gasteiger partial charge in [-0.05, 0) is 49.3 Å². The number of methoxy groups -OCH3 is 1. The molecule has 3 aliphatic rings. The zero-order valence-corrected chi connectivity index (χ0v) is 15.2. The van der Waals surface area contributed by atoms with E-state index in [4.69, 9.17) is 9.72 Å². The van der Waals surface area contributed by atoms with Crippen molar-refractivity contribution in [2.75, 3.05) is 12.4 Å².